The first-order chi connectivity index (χ1) is 7.27. The molecule has 0 saturated carbocycles. The van der Waals surface area contributed by atoms with Crippen molar-refractivity contribution in [2.75, 3.05) is 14.2 Å². The zero-order valence-electron chi connectivity index (χ0n) is 11.4. The SMILES string of the molecule is CC.CC.C[N-]c1ncc(C)cc1OC.[V]. The standard InChI is InChI=1S/C8H11N2O.2C2H6.V/c1-6-4-7(11-3)8(9-2)10-5-6;2*1-2;/h4-5H,1-3H3;2*1-2H3;/q-1;;;. The third-order valence-corrected chi connectivity index (χ3v) is 1.40. The summed E-state index contributed by atoms with van der Waals surface area (Å²) in [5, 5.41) is 3.95. The second-order valence-corrected chi connectivity index (χ2v) is 2.26. The number of aromatic nitrogens is 1. The minimum atomic E-state index is 0. The first kappa shape index (κ1) is 20.7. The molecule has 0 amide bonds. The summed E-state index contributed by atoms with van der Waals surface area (Å²) in [6.45, 7) is 9.97. The van der Waals surface area contributed by atoms with Crippen molar-refractivity contribution in [2.24, 2.45) is 0 Å². The van der Waals surface area contributed by atoms with E-state index >= 15 is 0 Å². The number of hydrogen-bond acceptors (Lipinski definition) is 2. The van der Waals surface area contributed by atoms with Crippen LogP contribution in [0.3, 0.4) is 0 Å². The Morgan fingerprint density at radius 1 is 1.19 bits per heavy atom. The van der Waals surface area contributed by atoms with Gasteiger partial charge in [0, 0.05) is 18.6 Å². The number of ether oxygens (including phenoxy) is 1. The summed E-state index contributed by atoms with van der Waals surface area (Å²) >= 11 is 0. The van der Waals surface area contributed by atoms with Crippen LogP contribution in [0, 0.1) is 6.92 Å². The van der Waals surface area contributed by atoms with Crippen LogP contribution in [0.4, 0.5) is 5.82 Å². The topological polar surface area (TPSA) is 36.2 Å². The Morgan fingerprint density at radius 2 is 1.69 bits per heavy atom. The van der Waals surface area contributed by atoms with Gasteiger partial charge in [0.05, 0.1) is 7.11 Å². The molecule has 1 radical (unpaired) electrons. The summed E-state index contributed by atoms with van der Waals surface area (Å²) in [5.74, 6) is 1.38. The van der Waals surface area contributed by atoms with Gasteiger partial charge in [-0.2, -0.15) is 0 Å². The molecule has 1 rings (SSSR count). The summed E-state index contributed by atoms with van der Waals surface area (Å²) in [5.41, 5.74) is 1.08. The third-order valence-electron chi connectivity index (χ3n) is 1.40. The average Bonchev–Trinajstić information content (AvgIpc) is 2.34. The van der Waals surface area contributed by atoms with E-state index < -0.39 is 0 Å². The molecule has 0 saturated heterocycles. The Kier molecular flexibility index (Phi) is 18.6. The van der Waals surface area contributed by atoms with E-state index in [1.54, 1.807) is 20.4 Å². The summed E-state index contributed by atoms with van der Waals surface area (Å²) in [6.07, 6.45) is 1.77. The van der Waals surface area contributed by atoms with Gasteiger partial charge < -0.3 is 15.0 Å². The maximum Gasteiger partial charge on any atom is 0.117 e. The van der Waals surface area contributed by atoms with E-state index in [1.807, 2.05) is 40.7 Å². The molecule has 16 heavy (non-hydrogen) atoms. The first-order valence-electron chi connectivity index (χ1n) is 5.38. The van der Waals surface area contributed by atoms with E-state index in [1.165, 1.54) is 0 Å². The fourth-order valence-electron chi connectivity index (χ4n) is 0.853. The van der Waals surface area contributed by atoms with Crippen molar-refractivity contribution in [1.82, 2.24) is 4.98 Å². The predicted molar refractivity (Wildman–Crippen MR) is 67.2 cm³/mol. The van der Waals surface area contributed by atoms with E-state index in [0.29, 0.717) is 5.82 Å². The fraction of sp³-hybridized carbons (Fsp3) is 0.583. The Hall–Kier alpha value is -0.666. The second kappa shape index (κ2) is 14.3. The van der Waals surface area contributed by atoms with Gasteiger partial charge in [0.15, 0.2) is 0 Å². The molecular weight excluding hydrogens is 239 g/mol. The van der Waals surface area contributed by atoms with Gasteiger partial charge in [0.25, 0.3) is 0 Å². The van der Waals surface area contributed by atoms with Crippen molar-refractivity contribution in [2.45, 2.75) is 34.6 Å². The maximum absolute atomic E-state index is 5.06. The molecule has 93 valence electrons. The van der Waals surface area contributed by atoms with Crippen LogP contribution in [0.1, 0.15) is 33.3 Å². The van der Waals surface area contributed by atoms with Crippen molar-refractivity contribution in [1.29, 1.82) is 0 Å². The number of aryl methyl sites for hydroxylation is 1. The van der Waals surface area contributed by atoms with Crippen molar-refractivity contribution < 1.29 is 23.3 Å². The molecule has 0 aliphatic carbocycles. The molecule has 0 bridgehead atoms. The summed E-state index contributed by atoms with van der Waals surface area (Å²) in [4.78, 5) is 4.08. The number of hydrogen-bond donors (Lipinski definition) is 0. The summed E-state index contributed by atoms with van der Waals surface area (Å²) < 4.78 is 5.06. The molecule has 0 aromatic carbocycles. The number of methoxy groups -OCH3 is 1. The van der Waals surface area contributed by atoms with Crippen LogP contribution in [-0.2, 0) is 18.6 Å². The summed E-state index contributed by atoms with van der Waals surface area (Å²) in [6, 6.07) is 1.91. The Morgan fingerprint density at radius 3 is 2.06 bits per heavy atom. The van der Waals surface area contributed by atoms with Crippen molar-refractivity contribution in [3.8, 4) is 5.75 Å². The minimum Gasteiger partial charge on any atom is -0.497 e. The second-order valence-electron chi connectivity index (χ2n) is 2.26. The number of nitrogens with zero attached hydrogens (tertiary/aromatic N) is 2. The first-order valence-corrected chi connectivity index (χ1v) is 5.38. The van der Waals surface area contributed by atoms with E-state index in [2.05, 4.69) is 10.3 Å². The van der Waals surface area contributed by atoms with Gasteiger partial charge in [-0.15, -0.1) is 0 Å². The zero-order chi connectivity index (χ0) is 12.3. The monoisotopic (exact) mass is 262 g/mol. The number of pyridine rings is 1. The Labute approximate surface area is 112 Å². The van der Waals surface area contributed by atoms with Gasteiger partial charge in [-0.1, -0.05) is 46.5 Å². The van der Waals surface area contributed by atoms with Crippen molar-refractivity contribution in [3.63, 3.8) is 0 Å². The van der Waals surface area contributed by atoms with Gasteiger partial charge in [-0.3, -0.25) is 0 Å². The van der Waals surface area contributed by atoms with Gasteiger partial charge in [0.1, 0.15) is 5.75 Å². The Balaban J connectivity index is -0.000000305. The van der Waals surface area contributed by atoms with E-state index in [-0.39, 0.29) is 18.6 Å². The van der Waals surface area contributed by atoms with Crippen molar-refractivity contribution in [3.05, 3.63) is 23.1 Å². The predicted octanol–water partition coefficient (Wildman–Crippen LogP) is 4.08. The van der Waals surface area contributed by atoms with Crippen LogP contribution in [0.2, 0.25) is 0 Å². The van der Waals surface area contributed by atoms with Crippen molar-refractivity contribution >= 4 is 5.82 Å². The van der Waals surface area contributed by atoms with Gasteiger partial charge >= 0.3 is 0 Å². The van der Waals surface area contributed by atoms with Crippen LogP contribution in [0.15, 0.2) is 12.3 Å². The van der Waals surface area contributed by atoms with E-state index in [0.717, 1.165) is 11.3 Å². The quantitative estimate of drug-likeness (QED) is 0.805. The van der Waals surface area contributed by atoms with Crippen LogP contribution in [0.25, 0.3) is 5.32 Å². The smallest absolute Gasteiger partial charge is 0.117 e. The maximum atomic E-state index is 5.06. The largest absolute Gasteiger partial charge is 0.497 e. The molecule has 0 N–H and O–H groups in total. The fourth-order valence-corrected chi connectivity index (χ4v) is 0.853. The molecule has 0 aliphatic heterocycles. The molecular formula is C12H23N2OV-. The average molecular weight is 262 g/mol. The van der Waals surface area contributed by atoms with E-state index in [4.69, 9.17) is 4.74 Å². The van der Waals surface area contributed by atoms with Crippen LogP contribution < -0.4 is 4.74 Å². The number of rotatable bonds is 2. The molecule has 3 nitrogen and oxygen atoms in total. The molecule has 0 unspecified atom stereocenters. The van der Waals surface area contributed by atoms with Gasteiger partial charge in [-0.25, -0.2) is 0 Å². The van der Waals surface area contributed by atoms with Gasteiger partial charge in [0.2, 0.25) is 0 Å². The summed E-state index contributed by atoms with van der Waals surface area (Å²) in [7, 11) is 3.31. The third kappa shape index (κ3) is 7.60. The molecule has 0 aliphatic rings. The molecule has 1 aromatic heterocycles. The van der Waals surface area contributed by atoms with Crippen LogP contribution in [0.5, 0.6) is 5.75 Å². The minimum absolute atomic E-state index is 0. The van der Waals surface area contributed by atoms with E-state index in [9.17, 15) is 0 Å². The van der Waals surface area contributed by atoms with Crippen LogP contribution in [-0.4, -0.2) is 19.1 Å². The Bertz CT molecular complexity index is 255. The normalized spacial score (nSPS) is 7.19. The molecule has 0 spiro atoms. The van der Waals surface area contributed by atoms with Gasteiger partial charge in [-0.05, 0) is 18.8 Å². The molecule has 1 aromatic rings. The molecule has 0 atom stereocenters. The molecule has 1 heterocycles. The van der Waals surface area contributed by atoms with Crippen LogP contribution >= 0.6 is 0 Å². The molecule has 4 heteroatoms. The molecule has 0 fully saturated rings. The zero-order valence-corrected chi connectivity index (χ0v) is 12.8.